The number of piperidine rings is 4. The van der Waals surface area contributed by atoms with Gasteiger partial charge in [-0.05, 0) is 130 Å². The maximum absolute atomic E-state index is 12.9. The molecule has 0 radical (unpaired) electrons. The van der Waals surface area contributed by atoms with E-state index in [9.17, 15) is 33.6 Å². The Labute approximate surface area is 407 Å². The van der Waals surface area contributed by atoms with Crippen molar-refractivity contribution in [2.75, 3.05) is 26.2 Å². The number of imide groups is 2. The first-order valence-corrected chi connectivity index (χ1v) is 23.0. The highest BCUT2D eigenvalue weighted by atomic mass is 35.5. The number of carbonyl (C=O) groups excluding carboxylic acids is 7. The van der Waals surface area contributed by atoms with Crippen LogP contribution >= 0.6 is 12.4 Å². The molecule has 0 saturated carbocycles. The van der Waals surface area contributed by atoms with E-state index in [2.05, 4.69) is 76.3 Å². The molecular formula is C54H67ClN6O7. The third-order valence-electron chi connectivity index (χ3n) is 13.7. The number of carbonyl (C=O) groups is 7. The van der Waals surface area contributed by atoms with E-state index in [1.807, 2.05) is 43.3 Å². The molecule has 362 valence electrons. The zero-order valence-electron chi connectivity index (χ0n) is 37.7. The number of rotatable bonds is 7. The number of halogens is 1. The lowest BCUT2D eigenvalue weighted by Crippen LogP contribution is -2.52. The van der Waals surface area contributed by atoms with Crippen LogP contribution in [0.1, 0.15) is 148 Å². The van der Waals surface area contributed by atoms with Crippen LogP contribution in [-0.4, -0.2) is 94.7 Å². The van der Waals surface area contributed by atoms with Gasteiger partial charge < -0.3 is 15.1 Å². The summed E-state index contributed by atoms with van der Waals surface area (Å²) >= 11 is 0. The van der Waals surface area contributed by atoms with Crippen LogP contribution in [0.4, 0.5) is 0 Å². The molecule has 0 bridgehead atoms. The van der Waals surface area contributed by atoms with Crippen LogP contribution in [0, 0.1) is 13.8 Å². The van der Waals surface area contributed by atoms with Gasteiger partial charge in [0.2, 0.25) is 23.6 Å². The van der Waals surface area contributed by atoms with E-state index < -0.39 is 12.1 Å². The molecule has 4 aromatic carbocycles. The van der Waals surface area contributed by atoms with Crippen LogP contribution < -0.4 is 16.0 Å². The number of likely N-dealkylation sites (tertiary alicyclic amines) is 1. The monoisotopic (exact) mass is 946 g/mol. The van der Waals surface area contributed by atoms with Gasteiger partial charge in [0, 0.05) is 49.2 Å². The van der Waals surface area contributed by atoms with Gasteiger partial charge in [0.25, 0.3) is 11.8 Å². The first-order chi connectivity index (χ1) is 31.4. The first kappa shape index (κ1) is 52.9. The average molecular weight is 948 g/mol. The third-order valence-corrected chi connectivity index (χ3v) is 13.7. The number of aldehydes is 1. The Balaban J connectivity index is 0.000000212. The number of fused-ring (bicyclic) bond motifs is 2. The van der Waals surface area contributed by atoms with E-state index in [0.29, 0.717) is 48.9 Å². The normalized spacial score (nSPS) is 20.4. The second-order valence-electron chi connectivity index (χ2n) is 18.2. The molecule has 6 heterocycles. The highest BCUT2D eigenvalue weighted by Crippen LogP contribution is 2.35. The Morgan fingerprint density at radius 1 is 0.574 bits per heavy atom. The van der Waals surface area contributed by atoms with Crippen molar-refractivity contribution in [1.29, 1.82) is 0 Å². The third kappa shape index (κ3) is 12.3. The Morgan fingerprint density at radius 3 is 1.46 bits per heavy atom. The lowest BCUT2D eigenvalue weighted by Gasteiger charge is -2.32. The largest absolute Gasteiger partial charge is 0.322 e. The van der Waals surface area contributed by atoms with Crippen LogP contribution in [0.2, 0.25) is 0 Å². The summed E-state index contributed by atoms with van der Waals surface area (Å²) < 4.78 is 0. The number of nitrogens with one attached hydrogen (secondary N) is 3. The van der Waals surface area contributed by atoms with E-state index in [1.165, 1.54) is 27.8 Å². The molecule has 0 aliphatic carbocycles. The fourth-order valence-electron chi connectivity index (χ4n) is 9.87. The summed E-state index contributed by atoms with van der Waals surface area (Å²) in [5.41, 5.74) is 10.5. The Bertz CT molecular complexity index is 2460. The molecule has 0 aromatic heterocycles. The molecule has 3 N–H and O–H groups in total. The molecule has 4 fully saturated rings. The lowest BCUT2D eigenvalue weighted by molar-refractivity contribution is -0.138. The maximum Gasteiger partial charge on any atom is 0.255 e. The highest BCUT2D eigenvalue weighted by Gasteiger charge is 2.41. The number of amides is 6. The second-order valence-corrected chi connectivity index (χ2v) is 18.2. The molecule has 6 aliphatic heterocycles. The number of hydrogen-bond donors (Lipinski definition) is 3. The predicted molar refractivity (Wildman–Crippen MR) is 266 cm³/mol. The van der Waals surface area contributed by atoms with Crippen LogP contribution in [-0.2, 0) is 38.8 Å². The Hall–Kier alpha value is -6.02. The van der Waals surface area contributed by atoms with Gasteiger partial charge in [-0.2, -0.15) is 0 Å². The molecule has 4 saturated heterocycles. The van der Waals surface area contributed by atoms with Crippen molar-refractivity contribution in [3.8, 4) is 0 Å². The predicted octanol–water partition coefficient (Wildman–Crippen LogP) is 7.55. The van der Waals surface area contributed by atoms with Crippen LogP contribution in [0.15, 0.2) is 84.9 Å². The summed E-state index contributed by atoms with van der Waals surface area (Å²) in [5.74, 6) is -0.398. The number of hydrogen-bond acceptors (Lipinski definition) is 9. The minimum absolute atomic E-state index is 0. The smallest absolute Gasteiger partial charge is 0.255 e. The van der Waals surface area contributed by atoms with Gasteiger partial charge in [0.1, 0.15) is 18.4 Å². The number of aryl methyl sites for hydroxylation is 2. The molecule has 6 aliphatic rings. The zero-order chi connectivity index (χ0) is 45.6. The van der Waals surface area contributed by atoms with E-state index >= 15 is 0 Å². The van der Waals surface area contributed by atoms with E-state index in [1.54, 1.807) is 9.80 Å². The molecule has 10 rings (SSSR count). The van der Waals surface area contributed by atoms with Crippen LogP contribution in [0.3, 0.4) is 0 Å². The van der Waals surface area contributed by atoms with Crippen molar-refractivity contribution >= 4 is 54.1 Å². The summed E-state index contributed by atoms with van der Waals surface area (Å²) in [4.78, 5) is 88.5. The molecule has 68 heavy (non-hydrogen) atoms. The van der Waals surface area contributed by atoms with Crippen molar-refractivity contribution in [2.24, 2.45) is 0 Å². The molecular weight excluding hydrogens is 880 g/mol. The van der Waals surface area contributed by atoms with Crippen LogP contribution in [0.25, 0.3) is 0 Å². The summed E-state index contributed by atoms with van der Waals surface area (Å²) in [6, 6.07) is 27.4. The molecule has 4 aromatic rings. The molecule has 2 unspecified atom stereocenters. The second kappa shape index (κ2) is 23.8. The van der Waals surface area contributed by atoms with E-state index in [4.69, 9.17) is 0 Å². The van der Waals surface area contributed by atoms with Crippen molar-refractivity contribution in [3.63, 3.8) is 0 Å². The Kier molecular flexibility index (Phi) is 18.5. The van der Waals surface area contributed by atoms with Crippen LogP contribution in [0.5, 0.6) is 0 Å². The van der Waals surface area contributed by atoms with Gasteiger partial charge in [0.05, 0.1) is 0 Å². The average Bonchev–Trinajstić information content (AvgIpc) is 3.82. The maximum atomic E-state index is 12.9. The quantitative estimate of drug-likeness (QED) is 0.125. The van der Waals surface area contributed by atoms with Crippen molar-refractivity contribution in [1.82, 2.24) is 30.7 Å². The van der Waals surface area contributed by atoms with Gasteiger partial charge in [-0.3, -0.25) is 49.1 Å². The molecule has 6 amide bonds. The summed E-state index contributed by atoms with van der Waals surface area (Å²) in [6.45, 7) is 10.2. The molecule has 13 nitrogen and oxygen atoms in total. The zero-order valence-corrected chi connectivity index (χ0v) is 38.5. The van der Waals surface area contributed by atoms with E-state index in [-0.39, 0.29) is 75.5 Å². The molecule has 2 atom stereocenters. The van der Waals surface area contributed by atoms with Gasteiger partial charge in [-0.1, -0.05) is 98.8 Å². The first-order valence-electron chi connectivity index (χ1n) is 23.0. The van der Waals surface area contributed by atoms with Gasteiger partial charge >= 0.3 is 0 Å². The van der Waals surface area contributed by atoms with E-state index in [0.717, 1.165) is 81.4 Å². The minimum atomic E-state index is -0.555. The summed E-state index contributed by atoms with van der Waals surface area (Å²) in [6.07, 6.45) is 6.67. The summed E-state index contributed by atoms with van der Waals surface area (Å²) in [7, 11) is 0. The molecule has 0 spiro atoms. The van der Waals surface area contributed by atoms with Gasteiger partial charge in [-0.15, -0.1) is 12.4 Å². The SMILES string of the molecule is C.C.Cc1ccc(C=O)cc1.Cc1ccc(CN2CCC(c3ccc4c(c3)CN(C3CCC(=O)NC3=O)C4=O)CC2)cc1.Cl.O=C1CCC(N2Cc3cc(C4CCNCC4)ccc3C2=O)C(=O)N1. The molecule has 14 heteroatoms. The van der Waals surface area contributed by atoms with Crippen molar-refractivity contribution in [3.05, 3.63) is 141 Å². The fourth-order valence-corrected chi connectivity index (χ4v) is 9.87. The standard InChI is InChI=1S/C26H29N3O3.C18H21N3O3.C8H8O.2CH4.ClH/c1-17-2-4-18(5-3-17)15-28-12-10-19(11-13-28)20-6-7-22-21(14-20)16-29(26(22)32)23-8-9-24(30)27-25(23)31;22-16-4-3-15(17(23)20-16)21-10-13-9-12(1-2-14(13)18(21)24)11-5-7-19-8-6-11;1-7-2-4-8(6-9)5-3-7;;;/h2-7,14,19,23H,8-13,15-16H2,1H3,(H,27,30,31);1-2,9,11,15,19H,3-8,10H2,(H,20,22,23);2-6H,1H3;2*1H4;1H. The van der Waals surface area contributed by atoms with Crippen molar-refractivity contribution in [2.45, 2.75) is 124 Å². The van der Waals surface area contributed by atoms with Gasteiger partial charge in [-0.25, -0.2) is 0 Å². The Morgan fingerprint density at radius 2 is 1.01 bits per heavy atom. The number of benzene rings is 4. The summed E-state index contributed by atoms with van der Waals surface area (Å²) in [5, 5.41) is 8.07. The fraction of sp³-hybridized carbons (Fsp3) is 0.426. The minimum Gasteiger partial charge on any atom is -0.322 e. The van der Waals surface area contributed by atoms with Gasteiger partial charge in [0.15, 0.2) is 0 Å². The number of nitrogens with zero attached hydrogens (tertiary/aromatic N) is 3. The lowest BCUT2D eigenvalue weighted by atomic mass is 9.87. The topological polar surface area (TPSA) is 165 Å². The van der Waals surface area contributed by atoms with Crippen molar-refractivity contribution < 1.29 is 33.6 Å². The highest BCUT2D eigenvalue weighted by molar-refractivity contribution is 6.06.